The minimum Gasteiger partial charge on any atom is -0.372 e. The zero-order chi connectivity index (χ0) is 11.5. The number of urea groups is 1. The van der Waals surface area contributed by atoms with Gasteiger partial charge in [-0.15, -0.1) is 0 Å². The van der Waals surface area contributed by atoms with Crippen LogP contribution < -0.4 is 5.32 Å². The average Bonchev–Trinajstić information content (AvgIpc) is 2.68. The van der Waals surface area contributed by atoms with Crippen molar-refractivity contribution in [3.8, 4) is 0 Å². The van der Waals surface area contributed by atoms with E-state index in [1.54, 1.807) is 4.90 Å². The first-order valence-corrected chi connectivity index (χ1v) is 5.97. The van der Waals surface area contributed by atoms with Crippen LogP contribution in [-0.4, -0.2) is 49.1 Å². The molecule has 0 bridgehead atoms. The fourth-order valence-electron chi connectivity index (χ4n) is 2.26. The monoisotopic (exact) mass is 228 g/mol. The molecule has 0 aromatic heterocycles. The maximum atomic E-state index is 11.9. The smallest absolute Gasteiger partial charge is 0.319 e. The summed E-state index contributed by atoms with van der Waals surface area (Å²) >= 11 is 0. The summed E-state index contributed by atoms with van der Waals surface area (Å²) in [4.78, 5) is 13.7. The van der Waals surface area contributed by atoms with Crippen molar-refractivity contribution in [1.29, 1.82) is 0 Å². The van der Waals surface area contributed by atoms with E-state index >= 15 is 0 Å². The van der Waals surface area contributed by atoms with Crippen molar-refractivity contribution in [2.75, 3.05) is 19.7 Å². The molecular formula is C11H20N2O3. The van der Waals surface area contributed by atoms with E-state index in [2.05, 4.69) is 5.32 Å². The van der Waals surface area contributed by atoms with Crippen molar-refractivity contribution < 1.29 is 14.3 Å². The van der Waals surface area contributed by atoms with Gasteiger partial charge in [-0.25, -0.2) is 4.79 Å². The molecule has 0 aromatic rings. The zero-order valence-electron chi connectivity index (χ0n) is 9.94. The second-order valence-corrected chi connectivity index (χ2v) is 4.61. The third-order valence-corrected chi connectivity index (χ3v) is 2.92. The van der Waals surface area contributed by atoms with Crippen LogP contribution in [-0.2, 0) is 9.47 Å². The highest BCUT2D eigenvalue weighted by Gasteiger charge is 2.27. The molecule has 92 valence electrons. The first kappa shape index (κ1) is 11.7. The van der Waals surface area contributed by atoms with Crippen molar-refractivity contribution in [3.63, 3.8) is 0 Å². The van der Waals surface area contributed by atoms with Gasteiger partial charge in [0.25, 0.3) is 0 Å². The van der Waals surface area contributed by atoms with Gasteiger partial charge in [0, 0.05) is 19.7 Å². The summed E-state index contributed by atoms with van der Waals surface area (Å²) in [6.07, 6.45) is 2.07. The van der Waals surface area contributed by atoms with E-state index in [9.17, 15) is 4.79 Å². The number of hydrogen-bond acceptors (Lipinski definition) is 3. The summed E-state index contributed by atoms with van der Waals surface area (Å²) in [6.45, 7) is 6.04. The molecule has 3 atom stereocenters. The van der Waals surface area contributed by atoms with Crippen LogP contribution in [0.15, 0.2) is 0 Å². The summed E-state index contributed by atoms with van der Waals surface area (Å²) in [5.41, 5.74) is 0. The number of nitrogens with zero attached hydrogens (tertiary/aromatic N) is 1. The maximum Gasteiger partial charge on any atom is 0.319 e. The van der Waals surface area contributed by atoms with Gasteiger partial charge in [0.15, 0.2) is 0 Å². The SMILES string of the molecule is CC1CN(C(=O)NC2CCCO2)CC(C)O1. The van der Waals surface area contributed by atoms with E-state index in [1.807, 2.05) is 13.8 Å². The molecule has 2 saturated heterocycles. The van der Waals surface area contributed by atoms with Gasteiger partial charge >= 0.3 is 6.03 Å². The van der Waals surface area contributed by atoms with Crippen LogP contribution in [0.2, 0.25) is 0 Å². The molecule has 5 heteroatoms. The minimum absolute atomic E-state index is 0.0334. The van der Waals surface area contributed by atoms with Gasteiger partial charge in [-0.1, -0.05) is 0 Å². The highest BCUT2D eigenvalue weighted by Crippen LogP contribution is 2.13. The number of carbonyl (C=O) groups is 1. The van der Waals surface area contributed by atoms with Crippen molar-refractivity contribution in [2.24, 2.45) is 0 Å². The fraction of sp³-hybridized carbons (Fsp3) is 0.909. The van der Waals surface area contributed by atoms with E-state index in [4.69, 9.17) is 9.47 Å². The van der Waals surface area contributed by atoms with E-state index in [1.165, 1.54) is 0 Å². The summed E-state index contributed by atoms with van der Waals surface area (Å²) in [7, 11) is 0. The molecule has 5 nitrogen and oxygen atoms in total. The summed E-state index contributed by atoms with van der Waals surface area (Å²) in [6, 6.07) is -0.0334. The molecule has 2 amide bonds. The Morgan fingerprint density at radius 3 is 2.56 bits per heavy atom. The summed E-state index contributed by atoms with van der Waals surface area (Å²) in [5.74, 6) is 0. The molecule has 0 saturated carbocycles. The Morgan fingerprint density at radius 2 is 2.00 bits per heavy atom. The number of hydrogen-bond donors (Lipinski definition) is 1. The standard InChI is InChI=1S/C11H20N2O3/c1-8-6-13(7-9(2)16-8)11(14)12-10-4-3-5-15-10/h8-10H,3-7H2,1-2H3,(H,12,14). The number of carbonyl (C=O) groups excluding carboxylic acids is 1. The first-order valence-electron chi connectivity index (χ1n) is 5.97. The van der Waals surface area contributed by atoms with E-state index in [0.717, 1.165) is 19.4 Å². The van der Waals surface area contributed by atoms with Crippen molar-refractivity contribution in [3.05, 3.63) is 0 Å². The van der Waals surface area contributed by atoms with Crippen LogP contribution in [0.5, 0.6) is 0 Å². The predicted octanol–water partition coefficient (Wildman–Crippen LogP) is 0.942. The molecule has 0 aliphatic carbocycles. The van der Waals surface area contributed by atoms with Gasteiger partial charge in [-0.3, -0.25) is 0 Å². The van der Waals surface area contributed by atoms with Gasteiger partial charge in [-0.2, -0.15) is 0 Å². The predicted molar refractivity (Wildman–Crippen MR) is 59.1 cm³/mol. The molecule has 0 spiro atoms. The molecule has 3 unspecified atom stereocenters. The third kappa shape index (κ3) is 2.86. The highest BCUT2D eigenvalue weighted by atomic mass is 16.5. The molecule has 16 heavy (non-hydrogen) atoms. The Labute approximate surface area is 96.1 Å². The van der Waals surface area contributed by atoms with Crippen molar-refractivity contribution in [1.82, 2.24) is 10.2 Å². The maximum absolute atomic E-state index is 11.9. The quantitative estimate of drug-likeness (QED) is 0.726. The van der Waals surface area contributed by atoms with Gasteiger partial charge in [0.2, 0.25) is 0 Å². The van der Waals surface area contributed by atoms with E-state index in [-0.39, 0.29) is 24.5 Å². The molecule has 1 N–H and O–H groups in total. The molecule has 2 fully saturated rings. The molecule has 0 radical (unpaired) electrons. The Balaban J connectivity index is 1.83. The molecule has 2 aliphatic heterocycles. The minimum atomic E-state index is -0.0963. The van der Waals surface area contributed by atoms with Gasteiger partial charge in [0.05, 0.1) is 12.2 Å². The molecular weight excluding hydrogens is 208 g/mol. The lowest BCUT2D eigenvalue weighted by Gasteiger charge is -2.35. The second kappa shape index (κ2) is 5.01. The number of amides is 2. The zero-order valence-corrected chi connectivity index (χ0v) is 9.94. The average molecular weight is 228 g/mol. The molecule has 2 aliphatic rings. The van der Waals surface area contributed by atoms with Crippen LogP contribution >= 0.6 is 0 Å². The molecule has 0 aromatic carbocycles. The van der Waals surface area contributed by atoms with E-state index in [0.29, 0.717) is 13.1 Å². The number of morpholine rings is 1. The largest absolute Gasteiger partial charge is 0.372 e. The van der Waals surface area contributed by atoms with Gasteiger partial charge in [0.1, 0.15) is 6.23 Å². The van der Waals surface area contributed by atoms with E-state index < -0.39 is 0 Å². The number of ether oxygens (including phenoxy) is 2. The Bertz CT molecular complexity index is 244. The van der Waals surface area contributed by atoms with Gasteiger partial charge < -0.3 is 19.7 Å². The normalized spacial score (nSPS) is 35.1. The lowest BCUT2D eigenvalue weighted by Crippen LogP contribution is -2.53. The lowest BCUT2D eigenvalue weighted by atomic mass is 10.2. The first-order chi connectivity index (χ1) is 7.65. The summed E-state index contributed by atoms with van der Waals surface area (Å²) in [5, 5.41) is 2.90. The Hall–Kier alpha value is -0.810. The van der Waals surface area contributed by atoms with Crippen LogP contribution in [0.25, 0.3) is 0 Å². The molecule has 2 heterocycles. The number of rotatable bonds is 1. The topological polar surface area (TPSA) is 50.8 Å². The van der Waals surface area contributed by atoms with Crippen LogP contribution in [0.3, 0.4) is 0 Å². The van der Waals surface area contributed by atoms with Gasteiger partial charge in [-0.05, 0) is 26.7 Å². The lowest BCUT2D eigenvalue weighted by molar-refractivity contribution is -0.0561. The summed E-state index contributed by atoms with van der Waals surface area (Å²) < 4.78 is 11.0. The van der Waals surface area contributed by atoms with Crippen molar-refractivity contribution >= 4 is 6.03 Å². The van der Waals surface area contributed by atoms with Crippen LogP contribution in [0, 0.1) is 0 Å². The Kier molecular flexibility index (Phi) is 3.66. The highest BCUT2D eigenvalue weighted by molar-refractivity contribution is 5.74. The number of nitrogens with one attached hydrogen (secondary N) is 1. The molecule has 2 rings (SSSR count). The third-order valence-electron chi connectivity index (χ3n) is 2.92. The fourth-order valence-corrected chi connectivity index (χ4v) is 2.26. The van der Waals surface area contributed by atoms with Crippen molar-refractivity contribution in [2.45, 2.75) is 45.1 Å². The Morgan fingerprint density at radius 1 is 1.31 bits per heavy atom. The second-order valence-electron chi connectivity index (χ2n) is 4.61. The van der Waals surface area contributed by atoms with Crippen LogP contribution in [0.4, 0.5) is 4.79 Å². The van der Waals surface area contributed by atoms with Crippen LogP contribution in [0.1, 0.15) is 26.7 Å².